The molecule has 0 aliphatic rings. The Labute approximate surface area is 158 Å². The molecule has 0 fully saturated rings. The number of nitrogens with zero attached hydrogens (tertiary/aromatic N) is 6. The summed E-state index contributed by atoms with van der Waals surface area (Å²) in [5.41, 5.74) is 1.36. The third-order valence-electron chi connectivity index (χ3n) is 4.13. The fraction of sp³-hybridized carbons (Fsp3) is 0.222. The van der Waals surface area contributed by atoms with Crippen molar-refractivity contribution >= 4 is 34.0 Å². The number of esters is 2. The van der Waals surface area contributed by atoms with Gasteiger partial charge in [-0.15, -0.1) is 0 Å². The maximum absolute atomic E-state index is 12.3. The van der Waals surface area contributed by atoms with Gasteiger partial charge in [0.05, 0.1) is 13.2 Å². The number of carbonyl (C=O) groups is 2. The summed E-state index contributed by atoms with van der Waals surface area (Å²) in [4.78, 5) is 37.2. The molecule has 0 radical (unpaired) electrons. The average molecular weight is 378 g/mol. The van der Waals surface area contributed by atoms with Crippen LogP contribution >= 0.6 is 0 Å². The number of hydrogen-bond donors (Lipinski definition) is 0. The van der Waals surface area contributed by atoms with Crippen LogP contribution < -0.4 is 0 Å². The topological polar surface area (TPSA) is 124 Å². The first kappa shape index (κ1) is 17.4. The largest absolute Gasteiger partial charge is 0.461 e. The van der Waals surface area contributed by atoms with Gasteiger partial charge in [0.15, 0.2) is 17.0 Å². The van der Waals surface area contributed by atoms with Crippen molar-refractivity contribution in [2.24, 2.45) is 0 Å². The molecule has 10 nitrogen and oxygen atoms in total. The van der Waals surface area contributed by atoms with E-state index in [1.165, 1.54) is 17.1 Å². The molecule has 4 heterocycles. The molecule has 0 aliphatic carbocycles. The van der Waals surface area contributed by atoms with Gasteiger partial charge in [-0.1, -0.05) is 0 Å². The quantitative estimate of drug-likeness (QED) is 0.492. The number of imidazole rings is 2. The van der Waals surface area contributed by atoms with Crippen LogP contribution in [-0.2, 0) is 9.47 Å². The predicted octanol–water partition coefficient (Wildman–Crippen LogP) is 1.76. The molecule has 28 heavy (non-hydrogen) atoms. The minimum atomic E-state index is -0.623. The van der Waals surface area contributed by atoms with E-state index >= 15 is 0 Å². The molecular formula is C18H14N6O4. The maximum Gasteiger partial charge on any atom is 0.360 e. The second-order valence-electron chi connectivity index (χ2n) is 5.76. The number of rotatable bonds is 4. The summed E-state index contributed by atoms with van der Waals surface area (Å²) in [7, 11) is 0. The molecule has 0 atom stereocenters. The molecule has 0 bridgehead atoms. The summed E-state index contributed by atoms with van der Waals surface area (Å²) >= 11 is 0. The van der Waals surface area contributed by atoms with Crippen LogP contribution in [0.5, 0.6) is 0 Å². The Morgan fingerprint density at radius 1 is 1.11 bits per heavy atom. The number of pyridine rings is 1. The Kier molecular flexibility index (Phi) is 4.12. The Hall–Kier alpha value is -4.00. The zero-order chi connectivity index (χ0) is 19.8. The Balaban J connectivity index is 2.08. The van der Waals surface area contributed by atoms with Crippen LogP contribution in [0.2, 0.25) is 0 Å². The third-order valence-corrected chi connectivity index (χ3v) is 4.13. The van der Waals surface area contributed by atoms with Crippen LogP contribution in [0.1, 0.15) is 40.5 Å². The first-order valence-corrected chi connectivity index (χ1v) is 8.50. The van der Waals surface area contributed by atoms with Gasteiger partial charge in [-0.2, -0.15) is 5.26 Å². The molecule has 0 N–H and O–H groups in total. The van der Waals surface area contributed by atoms with E-state index in [4.69, 9.17) is 9.47 Å². The van der Waals surface area contributed by atoms with Crippen molar-refractivity contribution < 1.29 is 19.1 Å². The molecule has 0 aromatic carbocycles. The van der Waals surface area contributed by atoms with Gasteiger partial charge in [0, 0.05) is 11.6 Å². The summed E-state index contributed by atoms with van der Waals surface area (Å²) in [5, 5.41) is 10.1. The highest BCUT2D eigenvalue weighted by atomic mass is 16.5. The molecule has 0 saturated carbocycles. The lowest BCUT2D eigenvalue weighted by molar-refractivity contribution is 0.0512. The third kappa shape index (κ3) is 2.52. The van der Waals surface area contributed by atoms with Crippen molar-refractivity contribution in [2.75, 3.05) is 13.2 Å². The predicted molar refractivity (Wildman–Crippen MR) is 95.9 cm³/mol. The van der Waals surface area contributed by atoms with Crippen LogP contribution in [-0.4, -0.2) is 48.9 Å². The molecular weight excluding hydrogens is 364 g/mol. The van der Waals surface area contributed by atoms with Crippen LogP contribution in [0.25, 0.3) is 22.1 Å². The second kappa shape index (κ2) is 6.62. The summed E-state index contributed by atoms with van der Waals surface area (Å²) in [6.45, 7) is 3.77. The summed E-state index contributed by atoms with van der Waals surface area (Å²) in [5.74, 6) is -1.22. The standard InChI is InChI=1S/C18H14N6O4/c1-3-27-17(25)13-15-12-10(5-11(6-19)24(15)9-21-13)7-23-8-20-14(16(23)22-12)18(26)28-4-2/h5,7-9H,3-4H2,1-2H3. The lowest BCUT2D eigenvalue weighted by Crippen LogP contribution is -2.08. The molecule has 0 aliphatic heterocycles. The summed E-state index contributed by atoms with van der Waals surface area (Å²) in [6.07, 6.45) is 4.48. The highest BCUT2D eigenvalue weighted by Crippen LogP contribution is 2.25. The van der Waals surface area contributed by atoms with Gasteiger partial charge in [0.2, 0.25) is 0 Å². The number of ether oxygens (including phenoxy) is 2. The Morgan fingerprint density at radius 2 is 1.79 bits per heavy atom. The van der Waals surface area contributed by atoms with Gasteiger partial charge < -0.3 is 9.47 Å². The van der Waals surface area contributed by atoms with Gasteiger partial charge in [-0.05, 0) is 19.9 Å². The zero-order valence-electron chi connectivity index (χ0n) is 15.0. The van der Waals surface area contributed by atoms with Crippen molar-refractivity contribution in [3.8, 4) is 6.07 Å². The fourth-order valence-electron chi connectivity index (χ4n) is 2.99. The summed E-state index contributed by atoms with van der Waals surface area (Å²) in [6, 6.07) is 3.70. The number of hydrogen-bond acceptors (Lipinski definition) is 8. The molecule has 0 unspecified atom stereocenters. The van der Waals surface area contributed by atoms with E-state index in [2.05, 4.69) is 21.0 Å². The van der Waals surface area contributed by atoms with E-state index in [0.29, 0.717) is 16.4 Å². The molecule has 0 spiro atoms. The monoisotopic (exact) mass is 378 g/mol. The highest BCUT2D eigenvalue weighted by Gasteiger charge is 2.22. The van der Waals surface area contributed by atoms with Crippen LogP contribution in [0.15, 0.2) is 24.9 Å². The Bertz CT molecular complexity index is 1300. The van der Waals surface area contributed by atoms with Crippen molar-refractivity contribution in [3.63, 3.8) is 0 Å². The Morgan fingerprint density at radius 3 is 2.46 bits per heavy atom. The van der Waals surface area contributed by atoms with Gasteiger partial charge in [-0.25, -0.2) is 24.5 Å². The maximum atomic E-state index is 12.3. The lowest BCUT2D eigenvalue weighted by Gasteiger charge is -2.07. The van der Waals surface area contributed by atoms with Crippen LogP contribution in [0, 0.1) is 11.3 Å². The second-order valence-corrected chi connectivity index (χ2v) is 5.76. The van der Waals surface area contributed by atoms with Gasteiger partial charge in [0.25, 0.3) is 0 Å². The fourth-order valence-corrected chi connectivity index (χ4v) is 2.99. The van der Waals surface area contributed by atoms with E-state index in [-0.39, 0.29) is 35.9 Å². The van der Waals surface area contributed by atoms with E-state index in [0.717, 1.165) is 0 Å². The molecule has 4 rings (SSSR count). The van der Waals surface area contributed by atoms with Crippen molar-refractivity contribution in [1.29, 1.82) is 5.26 Å². The van der Waals surface area contributed by atoms with Gasteiger partial charge >= 0.3 is 11.9 Å². The summed E-state index contributed by atoms with van der Waals surface area (Å²) < 4.78 is 13.1. The SMILES string of the molecule is CCOC(=O)c1ncn2cc3cc(C#N)n4cnc(C(=O)OCC)c4c3nc12. The first-order chi connectivity index (χ1) is 13.6. The normalized spacial score (nSPS) is 11.0. The van der Waals surface area contributed by atoms with Crippen LogP contribution in [0.4, 0.5) is 0 Å². The number of aromatic nitrogens is 5. The van der Waals surface area contributed by atoms with E-state index in [1.807, 2.05) is 0 Å². The molecule has 4 aromatic heterocycles. The first-order valence-electron chi connectivity index (χ1n) is 8.50. The molecule has 0 amide bonds. The van der Waals surface area contributed by atoms with E-state index < -0.39 is 11.9 Å². The van der Waals surface area contributed by atoms with Crippen LogP contribution in [0.3, 0.4) is 0 Å². The van der Waals surface area contributed by atoms with E-state index in [9.17, 15) is 14.9 Å². The number of fused-ring (bicyclic) bond motifs is 4. The zero-order valence-corrected chi connectivity index (χ0v) is 15.0. The highest BCUT2D eigenvalue weighted by molar-refractivity contribution is 6.06. The van der Waals surface area contributed by atoms with Crippen molar-refractivity contribution in [1.82, 2.24) is 23.8 Å². The van der Waals surface area contributed by atoms with Crippen molar-refractivity contribution in [2.45, 2.75) is 13.8 Å². The molecule has 10 heteroatoms. The molecule has 140 valence electrons. The van der Waals surface area contributed by atoms with Gasteiger partial charge in [0.1, 0.15) is 35.5 Å². The minimum Gasteiger partial charge on any atom is -0.461 e. The minimum absolute atomic E-state index is 0.0398. The lowest BCUT2D eigenvalue weighted by atomic mass is 10.2. The number of carbonyl (C=O) groups excluding carboxylic acids is 2. The molecule has 4 aromatic rings. The number of nitriles is 1. The van der Waals surface area contributed by atoms with Gasteiger partial charge in [-0.3, -0.25) is 8.80 Å². The van der Waals surface area contributed by atoms with E-state index in [1.54, 1.807) is 30.5 Å². The van der Waals surface area contributed by atoms with Crippen molar-refractivity contribution in [3.05, 3.63) is 42.0 Å². The molecule has 0 saturated heterocycles. The average Bonchev–Trinajstić information content (AvgIpc) is 3.30. The smallest absolute Gasteiger partial charge is 0.360 e.